The van der Waals surface area contributed by atoms with E-state index in [2.05, 4.69) is 5.10 Å². The van der Waals surface area contributed by atoms with Crippen molar-refractivity contribution < 1.29 is 9.53 Å². The predicted molar refractivity (Wildman–Crippen MR) is 108 cm³/mol. The summed E-state index contributed by atoms with van der Waals surface area (Å²) >= 11 is 5.92. The highest BCUT2D eigenvalue weighted by Crippen LogP contribution is 2.28. The molecule has 1 aromatic heterocycles. The van der Waals surface area contributed by atoms with E-state index in [1.54, 1.807) is 29.1 Å². The van der Waals surface area contributed by atoms with Gasteiger partial charge in [0.1, 0.15) is 6.61 Å². The van der Waals surface area contributed by atoms with Crippen LogP contribution in [-0.4, -0.2) is 15.8 Å². The molecular formula is C19H21ClN6O2. The lowest BCUT2D eigenvalue weighted by Crippen LogP contribution is -2.48. The molecule has 2 amide bonds. The van der Waals surface area contributed by atoms with Crippen LogP contribution in [0.3, 0.4) is 0 Å². The molecule has 0 bridgehead atoms. The number of benzene rings is 2. The number of hydrazine groups is 2. The molecule has 5 N–H and O–H groups in total. The summed E-state index contributed by atoms with van der Waals surface area (Å²) in [4.78, 5) is 11.9. The number of urea groups is 1. The number of amides is 2. The number of carbonyl (C=O) groups excluding carboxylic acids is 1. The quantitative estimate of drug-likeness (QED) is 0.346. The first-order valence-corrected chi connectivity index (χ1v) is 8.87. The number of anilines is 1. The van der Waals surface area contributed by atoms with Crippen LogP contribution in [0.15, 0.2) is 48.7 Å². The number of rotatable bonds is 5. The molecule has 0 aliphatic heterocycles. The Labute approximate surface area is 167 Å². The van der Waals surface area contributed by atoms with E-state index in [0.717, 1.165) is 27.4 Å². The van der Waals surface area contributed by atoms with Gasteiger partial charge < -0.3 is 4.74 Å². The van der Waals surface area contributed by atoms with E-state index < -0.39 is 6.03 Å². The zero-order chi connectivity index (χ0) is 20.3. The lowest BCUT2D eigenvalue weighted by Gasteiger charge is -2.23. The van der Waals surface area contributed by atoms with Crippen molar-refractivity contribution in [2.24, 2.45) is 11.7 Å². The number of carbonyl (C=O) groups is 1. The second-order valence-corrected chi connectivity index (χ2v) is 6.65. The number of nitrogens with one attached hydrogen (secondary N) is 1. The molecule has 0 atom stereocenters. The third-order valence-corrected chi connectivity index (χ3v) is 4.57. The maximum atomic E-state index is 11.9. The first-order chi connectivity index (χ1) is 13.4. The monoisotopic (exact) mass is 400 g/mol. The van der Waals surface area contributed by atoms with E-state index >= 15 is 0 Å². The summed E-state index contributed by atoms with van der Waals surface area (Å²) in [6.45, 7) is 3.96. The van der Waals surface area contributed by atoms with E-state index in [9.17, 15) is 4.79 Å². The van der Waals surface area contributed by atoms with E-state index in [4.69, 9.17) is 28.0 Å². The van der Waals surface area contributed by atoms with Gasteiger partial charge in [-0.3, -0.25) is 5.43 Å². The Kier molecular flexibility index (Phi) is 5.84. The molecule has 146 valence electrons. The third-order valence-electron chi connectivity index (χ3n) is 4.32. The molecule has 0 aliphatic carbocycles. The van der Waals surface area contributed by atoms with Gasteiger partial charge in [-0.05, 0) is 49.2 Å². The number of ether oxygens (including phenoxy) is 1. The van der Waals surface area contributed by atoms with Gasteiger partial charge in [-0.1, -0.05) is 23.7 Å². The van der Waals surface area contributed by atoms with Gasteiger partial charge in [0, 0.05) is 22.8 Å². The molecule has 8 nitrogen and oxygen atoms in total. The van der Waals surface area contributed by atoms with Crippen molar-refractivity contribution in [3.8, 4) is 11.6 Å². The van der Waals surface area contributed by atoms with E-state index in [1.165, 1.54) is 0 Å². The number of hydrogen-bond donors (Lipinski definition) is 3. The molecule has 2 aromatic carbocycles. The van der Waals surface area contributed by atoms with Gasteiger partial charge in [0.25, 0.3) is 0 Å². The number of hydrogen-bond acceptors (Lipinski definition) is 5. The second-order valence-electron chi connectivity index (χ2n) is 6.21. The smallest absolute Gasteiger partial charge is 0.350 e. The van der Waals surface area contributed by atoms with E-state index in [0.29, 0.717) is 16.6 Å². The largest absolute Gasteiger partial charge is 0.472 e. The first-order valence-electron chi connectivity index (χ1n) is 8.49. The highest BCUT2D eigenvalue weighted by atomic mass is 35.5. The van der Waals surface area contributed by atoms with Crippen LogP contribution in [0.2, 0.25) is 5.02 Å². The summed E-state index contributed by atoms with van der Waals surface area (Å²) < 4.78 is 7.54. The zero-order valence-electron chi connectivity index (χ0n) is 15.5. The fourth-order valence-electron chi connectivity index (χ4n) is 2.81. The Morgan fingerprint density at radius 2 is 1.86 bits per heavy atom. The normalized spacial score (nSPS) is 10.6. The van der Waals surface area contributed by atoms with Gasteiger partial charge in [-0.2, -0.15) is 0 Å². The molecule has 0 aliphatic rings. The number of aromatic nitrogens is 2. The summed E-state index contributed by atoms with van der Waals surface area (Å²) in [7, 11) is 0. The minimum absolute atomic E-state index is 0.187. The Morgan fingerprint density at radius 1 is 1.18 bits per heavy atom. The Hall–Kier alpha value is -3.07. The molecule has 3 aromatic rings. The van der Waals surface area contributed by atoms with Crippen molar-refractivity contribution in [3.63, 3.8) is 0 Å². The van der Waals surface area contributed by atoms with Gasteiger partial charge in [0.05, 0.1) is 11.4 Å². The van der Waals surface area contributed by atoms with Crippen molar-refractivity contribution in [3.05, 3.63) is 70.4 Å². The highest BCUT2D eigenvalue weighted by Gasteiger charge is 2.19. The number of nitrogens with zero attached hydrogens (tertiary/aromatic N) is 3. The molecule has 0 spiro atoms. The SMILES string of the molecule is Cc1ccc(C)c(N(N)C(=O)NN)c1COc1ccn(-c2ccc(Cl)cc2)n1. The Balaban J connectivity index is 1.82. The Morgan fingerprint density at radius 3 is 2.54 bits per heavy atom. The average Bonchev–Trinajstić information content (AvgIpc) is 3.17. The molecule has 1 heterocycles. The van der Waals surface area contributed by atoms with Crippen LogP contribution in [0, 0.1) is 13.8 Å². The van der Waals surface area contributed by atoms with Gasteiger partial charge in [0.15, 0.2) is 0 Å². The number of nitrogens with two attached hydrogens (primary N) is 2. The predicted octanol–water partition coefficient (Wildman–Crippen LogP) is 2.98. The van der Waals surface area contributed by atoms with Crippen LogP contribution in [0.5, 0.6) is 5.88 Å². The fraction of sp³-hybridized carbons (Fsp3) is 0.158. The molecule has 0 radical (unpaired) electrons. The van der Waals surface area contributed by atoms with Crippen LogP contribution < -0.4 is 26.9 Å². The highest BCUT2D eigenvalue weighted by molar-refractivity contribution is 6.30. The molecule has 9 heteroatoms. The molecule has 3 rings (SSSR count). The zero-order valence-corrected chi connectivity index (χ0v) is 16.3. The number of aryl methyl sites for hydroxylation is 2. The molecular weight excluding hydrogens is 380 g/mol. The maximum absolute atomic E-state index is 11.9. The van der Waals surface area contributed by atoms with E-state index in [1.807, 2.05) is 43.5 Å². The molecule has 0 saturated heterocycles. The summed E-state index contributed by atoms with van der Waals surface area (Å²) in [5.74, 6) is 11.6. The molecule has 0 unspecified atom stereocenters. The topological polar surface area (TPSA) is 111 Å². The van der Waals surface area contributed by atoms with Gasteiger partial charge in [-0.15, -0.1) is 5.10 Å². The standard InChI is InChI=1S/C19H21ClN6O2/c1-12-3-4-13(2)18(26(22)19(27)23-21)16(12)11-28-17-9-10-25(24-17)15-7-5-14(20)6-8-15/h3-10H,11,21-22H2,1-2H3,(H,23,27). The summed E-state index contributed by atoms with van der Waals surface area (Å²) in [5.41, 5.74) is 5.96. The van der Waals surface area contributed by atoms with Gasteiger partial charge in [0.2, 0.25) is 5.88 Å². The van der Waals surface area contributed by atoms with Crippen molar-refractivity contribution in [2.75, 3.05) is 5.01 Å². The summed E-state index contributed by atoms with van der Waals surface area (Å²) in [5, 5.41) is 6.05. The minimum atomic E-state index is -0.623. The second kappa shape index (κ2) is 8.30. The van der Waals surface area contributed by atoms with Crippen LogP contribution in [0.4, 0.5) is 10.5 Å². The fourth-order valence-corrected chi connectivity index (χ4v) is 2.94. The Bertz CT molecular complexity index is 987. The van der Waals surface area contributed by atoms with Crippen molar-refractivity contribution in [1.29, 1.82) is 0 Å². The van der Waals surface area contributed by atoms with Gasteiger partial charge >= 0.3 is 6.03 Å². The van der Waals surface area contributed by atoms with Crippen LogP contribution in [-0.2, 0) is 6.61 Å². The first kappa shape index (κ1) is 19.7. The lowest BCUT2D eigenvalue weighted by molar-refractivity contribution is 0.246. The summed E-state index contributed by atoms with van der Waals surface area (Å²) in [6.07, 6.45) is 1.79. The van der Waals surface area contributed by atoms with E-state index in [-0.39, 0.29) is 6.61 Å². The van der Waals surface area contributed by atoms with Crippen LogP contribution in [0.25, 0.3) is 5.69 Å². The third kappa shape index (κ3) is 4.09. The molecule has 28 heavy (non-hydrogen) atoms. The molecule has 0 saturated carbocycles. The van der Waals surface area contributed by atoms with Gasteiger partial charge in [-0.25, -0.2) is 26.2 Å². The van der Waals surface area contributed by atoms with Crippen molar-refractivity contribution in [2.45, 2.75) is 20.5 Å². The number of halogens is 1. The molecule has 0 fully saturated rings. The lowest BCUT2D eigenvalue weighted by atomic mass is 10.0. The van der Waals surface area contributed by atoms with Crippen LogP contribution >= 0.6 is 11.6 Å². The van der Waals surface area contributed by atoms with Crippen molar-refractivity contribution >= 4 is 23.3 Å². The average molecular weight is 401 g/mol. The minimum Gasteiger partial charge on any atom is -0.472 e. The summed E-state index contributed by atoms with van der Waals surface area (Å²) in [6, 6.07) is 12.3. The van der Waals surface area contributed by atoms with Crippen LogP contribution in [0.1, 0.15) is 16.7 Å². The maximum Gasteiger partial charge on any atom is 0.350 e. The van der Waals surface area contributed by atoms with Crippen molar-refractivity contribution in [1.82, 2.24) is 15.2 Å².